The molecule has 1 aromatic rings. The lowest BCUT2D eigenvalue weighted by atomic mass is 9.99. The van der Waals surface area contributed by atoms with Gasteiger partial charge in [-0.1, -0.05) is 31.9 Å². The van der Waals surface area contributed by atoms with Crippen molar-refractivity contribution in [3.63, 3.8) is 0 Å². The smallest absolute Gasteiger partial charge is 0.0503 e. The molecule has 1 aliphatic rings. The average molecular weight is 393 g/mol. The topological polar surface area (TPSA) is 15.3 Å². The molecule has 1 heterocycles. The van der Waals surface area contributed by atoms with E-state index in [4.69, 9.17) is 11.6 Å². The van der Waals surface area contributed by atoms with Crippen molar-refractivity contribution in [1.29, 1.82) is 0 Å². The van der Waals surface area contributed by atoms with Crippen LogP contribution in [0.25, 0.3) is 0 Å². The van der Waals surface area contributed by atoms with E-state index in [0.29, 0.717) is 12.0 Å². The fourth-order valence-corrected chi connectivity index (χ4v) is 3.79. The Morgan fingerprint density at radius 2 is 2.32 bits per heavy atom. The zero-order valence-corrected chi connectivity index (χ0v) is 14.5. The van der Waals surface area contributed by atoms with Gasteiger partial charge in [0.2, 0.25) is 0 Å². The van der Waals surface area contributed by atoms with E-state index >= 15 is 0 Å². The summed E-state index contributed by atoms with van der Waals surface area (Å²) in [7, 11) is 0. The summed E-state index contributed by atoms with van der Waals surface area (Å²) in [6.45, 7) is 7.95. The van der Waals surface area contributed by atoms with Crippen LogP contribution in [0.5, 0.6) is 0 Å². The van der Waals surface area contributed by atoms with Crippen molar-refractivity contribution in [1.82, 2.24) is 5.32 Å². The largest absolute Gasteiger partial charge is 0.369 e. The van der Waals surface area contributed by atoms with Crippen molar-refractivity contribution in [3.8, 4) is 0 Å². The van der Waals surface area contributed by atoms with E-state index < -0.39 is 0 Å². The monoisotopic (exact) mass is 392 g/mol. The Morgan fingerprint density at radius 3 is 3.00 bits per heavy atom. The average Bonchev–Trinajstić information content (AvgIpc) is 2.63. The lowest BCUT2D eigenvalue weighted by Crippen LogP contribution is -2.42. The normalized spacial score (nSPS) is 22.1. The van der Waals surface area contributed by atoms with Crippen LogP contribution in [0.1, 0.15) is 26.7 Å². The highest BCUT2D eigenvalue weighted by molar-refractivity contribution is 14.1. The third-order valence-electron chi connectivity index (χ3n) is 4.01. The molecule has 4 heteroatoms. The summed E-state index contributed by atoms with van der Waals surface area (Å²) in [6.07, 6.45) is 2.43. The number of nitrogens with one attached hydrogen (secondary N) is 1. The summed E-state index contributed by atoms with van der Waals surface area (Å²) in [5.41, 5.74) is 1.32. The van der Waals surface area contributed by atoms with Crippen LogP contribution in [-0.2, 0) is 0 Å². The van der Waals surface area contributed by atoms with Crippen molar-refractivity contribution in [2.45, 2.75) is 32.7 Å². The van der Waals surface area contributed by atoms with E-state index in [-0.39, 0.29) is 0 Å². The van der Waals surface area contributed by atoms with Crippen LogP contribution in [0.4, 0.5) is 5.69 Å². The number of rotatable bonds is 3. The fourth-order valence-electron chi connectivity index (χ4n) is 2.57. The number of hydrogen-bond acceptors (Lipinski definition) is 2. The molecule has 0 aromatic heterocycles. The first kappa shape index (κ1) is 15.4. The highest BCUT2D eigenvalue weighted by Crippen LogP contribution is 2.27. The van der Waals surface area contributed by atoms with Crippen LogP contribution < -0.4 is 10.2 Å². The van der Waals surface area contributed by atoms with Gasteiger partial charge in [-0.15, -0.1) is 0 Å². The molecule has 1 saturated heterocycles. The van der Waals surface area contributed by atoms with E-state index in [9.17, 15) is 0 Å². The molecular formula is C15H22ClIN2. The first-order chi connectivity index (χ1) is 9.11. The zero-order valence-electron chi connectivity index (χ0n) is 11.6. The van der Waals surface area contributed by atoms with Crippen LogP contribution in [0.3, 0.4) is 0 Å². The summed E-state index contributed by atoms with van der Waals surface area (Å²) in [5.74, 6) is 0.713. The molecular weight excluding hydrogens is 371 g/mol. The molecule has 19 heavy (non-hydrogen) atoms. The maximum absolute atomic E-state index is 6.05. The Hall–Kier alpha value is -0.0000000000000000763. The minimum atomic E-state index is 0.582. The second-order valence-electron chi connectivity index (χ2n) is 5.34. The highest BCUT2D eigenvalue weighted by Gasteiger charge is 2.22. The van der Waals surface area contributed by atoms with Crippen LogP contribution in [0, 0.1) is 9.49 Å². The molecule has 1 fully saturated rings. The second kappa shape index (κ2) is 7.14. The molecule has 2 nitrogen and oxygen atoms in total. The lowest BCUT2D eigenvalue weighted by molar-refractivity contribution is 0.384. The molecule has 2 rings (SSSR count). The molecule has 2 atom stereocenters. The Labute approximate surface area is 135 Å². The molecule has 1 aliphatic heterocycles. The van der Waals surface area contributed by atoms with Crippen LogP contribution >= 0.6 is 34.2 Å². The highest BCUT2D eigenvalue weighted by atomic mass is 127. The SMILES string of the molecule is CCC(C)C1CN(c2ccc(Cl)cc2I)CCCN1. The van der Waals surface area contributed by atoms with E-state index in [1.807, 2.05) is 12.1 Å². The molecule has 0 amide bonds. The maximum atomic E-state index is 6.05. The molecule has 0 saturated carbocycles. The molecule has 2 unspecified atom stereocenters. The van der Waals surface area contributed by atoms with Gasteiger partial charge in [-0.05, 0) is 59.7 Å². The van der Waals surface area contributed by atoms with Crippen molar-refractivity contribution >= 4 is 39.9 Å². The molecule has 1 aromatic carbocycles. The van der Waals surface area contributed by atoms with Gasteiger partial charge in [-0.25, -0.2) is 0 Å². The summed E-state index contributed by atoms with van der Waals surface area (Å²) in [4.78, 5) is 2.51. The van der Waals surface area contributed by atoms with Crippen LogP contribution in [0.15, 0.2) is 18.2 Å². The third kappa shape index (κ3) is 3.99. The quantitative estimate of drug-likeness (QED) is 0.777. The summed E-state index contributed by atoms with van der Waals surface area (Å²) < 4.78 is 1.25. The van der Waals surface area contributed by atoms with Crippen molar-refractivity contribution in [3.05, 3.63) is 26.8 Å². The van der Waals surface area contributed by atoms with Gasteiger partial charge in [0.05, 0.1) is 5.69 Å². The van der Waals surface area contributed by atoms with Gasteiger partial charge < -0.3 is 10.2 Å². The predicted molar refractivity (Wildman–Crippen MR) is 92.2 cm³/mol. The fraction of sp³-hybridized carbons (Fsp3) is 0.600. The van der Waals surface area contributed by atoms with Gasteiger partial charge in [0.15, 0.2) is 0 Å². The molecule has 0 bridgehead atoms. The molecule has 1 N–H and O–H groups in total. The van der Waals surface area contributed by atoms with E-state index in [2.05, 4.69) is 52.7 Å². The van der Waals surface area contributed by atoms with Crippen LogP contribution in [0.2, 0.25) is 5.02 Å². The Bertz CT molecular complexity index is 425. The summed E-state index contributed by atoms with van der Waals surface area (Å²) >= 11 is 8.44. The van der Waals surface area contributed by atoms with E-state index in [0.717, 1.165) is 24.7 Å². The predicted octanol–water partition coefficient (Wildman–Crippen LogP) is 4.16. The number of benzene rings is 1. The molecule has 0 aliphatic carbocycles. The Morgan fingerprint density at radius 1 is 1.53 bits per heavy atom. The first-order valence-electron chi connectivity index (χ1n) is 7.05. The van der Waals surface area contributed by atoms with Gasteiger partial charge >= 0.3 is 0 Å². The van der Waals surface area contributed by atoms with Crippen molar-refractivity contribution < 1.29 is 0 Å². The summed E-state index contributed by atoms with van der Waals surface area (Å²) in [6, 6.07) is 6.78. The first-order valence-corrected chi connectivity index (χ1v) is 8.51. The molecule has 106 valence electrons. The van der Waals surface area contributed by atoms with Crippen molar-refractivity contribution in [2.75, 3.05) is 24.5 Å². The minimum absolute atomic E-state index is 0.582. The van der Waals surface area contributed by atoms with E-state index in [1.54, 1.807) is 0 Å². The van der Waals surface area contributed by atoms with Crippen molar-refractivity contribution in [2.24, 2.45) is 5.92 Å². The third-order valence-corrected chi connectivity index (χ3v) is 5.11. The molecule has 0 spiro atoms. The Balaban J connectivity index is 2.17. The maximum Gasteiger partial charge on any atom is 0.0503 e. The summed E-state index contributed by atoms with van der Waals surface area (Å²) in [5, 5.41) is 4.51. The number of hydrogen-bond donors (Lipinski definition) is 1. The van der Waals surface area contributed by atoms with Gasteiger partial charge in [-0.3, -0.25) is 0 Å². The van der Waals surface area contributed by atoms with Gasteiger partial charge in [0.1, 0.15) is 0 Å². The number of nitrogens with zero attached hydrogens (tertiary/aromatic N) is 1. The minimum Gasteiger partial charge on any atom is -0.369 e. The number of halogens is 2. The van der Waals surface area contributed by atoms with E-state index in [1.165, 1.54) is 22.1 Å². The number of anilines is 1. The zero-order chi connectivity index (χ0) is 13.8. The van der Waals surface area contributed by atoms with Crippen LogP contribution in [-0.4, -0.2) is 25.7 Å². The second-order valence-corrected chi connectivity index (χ2v) is 6.94. The molecule has 0 radical (unpaired) electrons. The van der Waals surface area contributed by atoms with Gasteiger partial charge in [-0.2, -0.15) is 0 Å². The van der Waals surface area contributed by atoms with Gasteiger partial charge in [0, 0.05) is 27.7 Å². The standard InChI is InChI=1S/C15H22ClIN2/c1-3-11(2)14-10-19(8-4-7-18-14)15-6-5-12(16)9-13(15)17/h5-6,9,11,14,18H,3-4,7-8,10H2,1-2H3. The van der Waals surface area contributed by atoms with Gasteiger partial charge in [0.25, 0.3) is 0 Å². The Kier molecular flexibility index (Phi) is 5.78. The lowest BCUT2D eigenvalue weighted by Gasteiger charge is -2.30.